The van der Waals surface area contributed by atoms with E-state index in [1.165, 1.54) is 6.07 Å². The number of ether oxygens (including phenoxy) is 1. The summed E-state index contributed by atoms with van der Waals surface area (Å²) in [6.45, 7) is 1.24. The highest BCUT2D eigenvalue weighted by atomic mass is 79.9. The van der Waals surface area contributed by atoms with Gasteiger partial charge in [-0.25, -0.2) is 4.39 Å². The van der Waals surface area contributed by atoms with Crippen LogP contribution in [-0.4, -0.2) is 36.3 Å². The highest BCUT2D eigenvalue weighted by Crippen LogP contribution is 2.16. The molecular formula is C17H19BrFNO2. The molecule has 0 spiro atoms. The fraction of sp³-hybridized carbons (Fsp3) is 0.294. The molecule has 0 aliphatic heterocycles. The molecule has 0 aliphatic rings. The molecule has 1 unspecified atom stereocenters. The Morgan fingerprint density at radius 2 is 1.86 bits per heavy atom. The third-order valence-corrected chi connectivity index (χ3v) is 3.68. The van der Waals surface area contributed by atoms with Gasteiger partial charge in [-0.3, -0.25) is 4.90 Å². The number of nitrogens with zero attached hydrogens (tertiary/aromatic N) is 1. The Kier molecular flexibility index (Phi) is 6.36. The Morgan fingerprint density at radius 1 is 1.18 bits per heavy atom. The Balaban J connectivity index is 1.77. The van der Waals surface area contributed by atoms with Crippen LogP contribution in [-0.2, 0) is 6.54 Å². The van der Waals surface area contributed by atoms with E-state index in [1.807, 2.05) is 36.2 Å². The SMILES string of the molecule is CN(Cc1ccc(Br)cc1)CC(O)COc1ccccc1F. The molecule has 0 saturated carbocycles. The van der Waals surface area contributed by atoms with Crippen LogP contribution in [0.4, 0.5) is 4.39 Å². The number of rotatable bonds is 7. The summed E-state index contributed by atoms with van der Waals surface area (Å²) < 4.78 is 19.7. The minimum atomic E-state index is -0.681. The molecule has 0 radical (unpaired) electrons. The van der Waals surface area contributed by atoms with Gasteiger partial charge < -0.3 is 9.84 Å². The number of benzene rings is 2. The first-order valence-corrected chi connectivity index (χ1v) is 7.82. The lowest BCUT2D eigenvalue weighted by atomic mass is 10.2. The zero-order chi connectivity index (χ0) is 15.9. The normalized spacial score (nSPS) is 12.4. The highest BCUT2D eigenvalue weighted by molar-refractivity contribution is 9.10. The number of halogens is 2. The molecule has 2 rings (SSSR count). The molecule has 0 fully saturated rings. The van der Waals surface area contributed by atoms with Gasteiger partial charge in [0.05, 0.1) is 0 Å². The minimum absolute atomic E-state index is 0.0611. The first kappa shape index (κ1) is 16.9. The van der Waals surface area contributed by atoms with Crippen molar-refractivity contribution in [3.8, 4) is 5.75 Å². The van der Waals surface area contributed by atoms with E-state index in [0.29, 0.717) is 6.54 Å². The van der Waals surface area contributed by atoms with Crippen LogP contribution >= 0.6 is 15.9 Å². The summed E-state index contributed by atoms with van der Waals surface area (Å²) in [6.07, 6.45) is -0.681. The van der Waals surface area contributed by atoms with E-state index in [1.54, 1.807) is 18.2 Å². The molecule has 3 nitrogen and oxygen atoms in total. The first-order valence-electron chi connectivity index (χ1n) is 7.03. The number of hydrogen-bond donors (Lipinski definition) is 1. The lowest BCUT2D eigenvalue weighted by Gasteiger charge is -2.21. The average Bonchev–Trinajstić information content (AvgIpc) is 2.49. The summed E-state index contributed by atoms with van der Waals surface area (Å²) in [5.41, 5.74) is 1.16. The number of likely N-dealkylation sites (N-methyl/N-ethyl adjacent to an activating group) is 1. The van der Waals surface area contributed by atoms with E-state index in [9.17, 15) is 9.50 Å². The van der Waals surface area contributed by atoms with Gasteiger partial charge in [0.2, 0.25) is 0 Å². The summed E-state index contributed by atoms with van der Waals surface area (Å²) in [6, 6.07) is 14.2. The molecule has 0 saturated heterocycles. The highest BCUT2D eigenvalue weighted by Gasteiger charge is 2.11. The van der Waals surface area contributed by atoms with E-state index >= 15 is 0 Å². The molecule has 0 bridgehead atoms. The first-order chi connectivity index (χ1) is 10.5. The molecule has 2 aromatic carbocycles. The van der Waals surface area contributed by atoms with Crippen LogP contribution in [0.5, 0.6) is 5.75 Å². The van der Waals surface area contributed by atoms with Crippen molar-refractivity contribution in [3.63, 3.8) is 0 Å². The topological polar surface area (TPSA) is 32.7 Å². The van der Waals surface area contributed by atoms with Crippen LogP contribution in [0, 0.1) is 5.82 Å². The van der Waals surface area contributed by atoms with Gasteiger partial charge in [-0.05, 0) is 36.9 Å². The number of para-hydroxylation sites is 1. The van der Waals surface area contributed by atoms with Crippen LogP contribution in [0.15, 0.2) is 53.0 Å². The second-order valence-electron chi connectivity index (χ2n) is 5.22. The van der Waals surface area contributed by atoms with Crippen LogP contribution in [0.2, 0.25) is 0 Å². The Bertz CT molecular complexity index is 591. The third-order valence-electron chi connectivity index (χ3n) is 3.16. The van der Waals surface area contributed by atoms with E-state index in [2.05, 4.69) is 15.9 Å². The molecule has 0 aromatic heterocycles. The Labute approximate surface area is 138 Å². The zero-order valence-corrected chi connectivity index (χ0v) is 14.0. The molecule has 1 N–H and O–H groups in total. The van der Waals surface area contributed by atoms with Crippen molar-refractivity contribution in [3.05, 3.63) is 64.4 Å². The van der Waals surface area contributed by atoms with Crippen molar-refractivity contribution in [2.24, 2.45) is 0 Å². The molecule has 5 heteroatoms. The number of aliphatic hydroxyl groups is 1. The summed E-state index contributed by atoms with van der Waals surface area (Å²) in [5, 5.41) is 10.00. The average molecular weight is 368 g/mol. The fourth-order valence-corrected chi connectivity index (χ4v) is 2.39. The zero-order valence-electron chi connectivity index (χ0n) is 12.4. The van der Waals surface area contributed by atoms with Crippen molar-refractivity contribution in [1.82, 2.24) is 4.90 Å². The Morgan fingerprint density at radius 3 is 2.55 bits per heavy atom. The molecule has 0 amide bonds. The van der Waals surface area contributed by atoms with Gasteiger partial charge >= 0.3 is 0 Å². The van der Waals surface area contributed by atoms with Crippen LogP contribution < -0.4 is 4.74 Å². The van der Waals surface area contributed by atoms with Gasteiger partial charge in [0.15, 0.2) is 11.6 Å². The summed E-state index contributed by atoms with van der Waals surface area (Å²) in [4.78, 5) is 2.00. The van der Waals surface area contributed by atoms with Gasteiger partial charge in [0, 0.05) is 17.6 Å². The second-order valence-corrected chi connectivity index (χ2v) is 6.13. The predicted molar refractivity (Wildman–Crippen MR) is 88.4 cm³/mol. The van der Waals surface area contributed by atoms with Crippen LogP contribution in [0.1, 0.15) is 5.56 Å². The lowest BCUT2D eigenvalue weighted by Crippen LogP contribution is -2.32. The molecule has 2 aromatic rings. The largest absolute Gasteiger partial charge is 0.488 e. The standard InChI is InChI=1S/C17H19BrFNO2/c1-20(10-13-6-8-14(18)9-7-13)11-15(21)12-22-17-5-3-2-4-16(17)19/h2-9,15,21H,10-12H2,1H3. The third kappa shape index (κ3) is 5.40. The number of hydrogen-bond acceptors (Lipinski definition) is 3. The fourth-order valence-electron chi connectivity index (χ4n) is 2.13. The van der Waals surface area contributed by atoms with Crippen molar-refractivity contribution in [2.45, 2.75) is 12.6 Å². The Hall–Kier alpha value is -1.43. The quantitative estimate of drug-likeness (QED) is 0.813. The van der Waals surface area contributed by atoms with Crippen LogP contribution in [0.3, 0.4) is 0 Å². The lowest BCUT2D eigenvalue weighted by molar-refractivity contribution is 0.0728. The van der Waals surface area contributed by atoms with Crippen molar-refractivity contribution < 1.29 is 14.2 Å². The summed E-state index contributed by atoms with van der Waals surface area (Å²) >= 11 is 3.40. The summed E-state index contributed by atoms with van der Waals surface area (Å²) in [7, 11) is 1.92. The van der Waals surface area contributed by atoms with Gasteiger partial charge in [0.25, 0.3) is 0 Å². The molecular weight excluding hydrogens is 349 g/mol. The molecule has 1 atom stereocenters. The van der Waals surface area contributed by atoms with Gasteiger partial charge in [-0.15, -0.1) is 0 Å². The van der Waals surface area contributed by atoms with Gasteiger partial charge in [-0.1, -0.05) is 40.2 Å². The molecule has 118 valence electrons. The van der Waals surface area contributed by atoms with E-state index in [4.69, 9.17) is 4.74 Å². The maximum absolute atomic E-state index is 13.4. The van der Waals surface area contributed by atoms with Gasteiger partial charge in [0.1, 0.15) is 12.7 Å². The van der Waals surface area contributed by atoms with Crippen molar-refractivity contribution in [1.29, 1.82) is 0 Å². The second kappa shape index (κ2) is 8.27. The molecule has 0 heterocycles. The van der Waals surface area contributed by atoms with E-state index in [-0.39, 0.29) is 12.4 Å². The van der Waals surface area contributed by atoms with Crippen molar-refractivity contribution in [2.75, 3.05) is 20.2 Å². The minimum Gasteiger partial charge on any atom is -0.488 e. The smallest absolute Gasteiger partial charge is 0.165 e. The summed E-state index contributed by atoms with van der Waals surface area (Å²) in [5.74, 6) is -0.255. The van der Waals surface area contributed by atoms with E-state index < -0.39 is 11.9 Å². The monoisotopic (exact) mass is 367 g/mol. The molecule has 22 heavy (non-hydrogen) atoms. The maximum atomic E-state index is 13.4. The van der Waals surface area contributed by atoms with Crippen LogP contribution in [0.25, 0.3) is 0 Å². The number of aliphatic hydroxyl groups excluding tert-OH is 1. The predicted octanol–water partition coefficient (Wildman–Crippen LogP) is 3.46. The van der Waals surface area contributed by atoms with E-state index in [0.717, 1.165) is 16.6 Å². The van der Waals surface area contributed by atoms with Crippen molar-refractivity contribution >= 4 is 15.9 Å². The maximum Gasteiger partial charge on any atom is 0.165 e. The van der Waals surface area contributed by atoms with Gasteiger partial charge in [-0.2, -0.15) is 0 Å². The molecule has 0 aliphatic carbocycles.